The first-order valence-electron chi connectivity index (χ1n) is 6.53. The van der Waals surface area contributed by atoms with E-state index >= 15 is 0 Å². The Bertz CT molecular complexity index is 269. The maximum Gasteiger partial charge on any atom is 0.328 e. The van der Waals surface area contributed by atoms with E-state index in [4.69, 9.17) is 15.9 Å². The van der Waals surface area contributed by atoms with Crippen molar-refractivity contribution >= 4 is 11.9 Å². The van der Waals surface area contributed by atoms with Gasteiger partial charge in [0.1, 0.15) is 0 Å². The van der Waals surface area contributed by atoms with Crippen LogP contribution in [0.4, 0.5) is 0 Å². The molecule has 4 N–H and O–H groups in total. The van der Waals surface area contributed by atoms with Crippen LogP contribution in [0.25, 0.3) is 0 Å². The van der Waals surface area contributed by atoms with Crippen LogP contribution in [-0.2, 0) is 9.59 Å². The first-order valence-corrected chi connectivity index (χ1v) is 6.53. The van der Waals surface area contributed by atoms with Crippen molar-refractivity contribution in [3.05, 3.63) is 24.3 Å². The molecule has 0 unspecified atom stereocenters. The molecule has 0 fully saturated rings. The van der Waals surface area contributed by atoms with E-state index in [1.807, 2.05) is 6.08 Å². The smallest absolute Gasteiger partial charge is 0.328 e. The van der Waals surface area contributed by atoms with E-state index in [-0.39, 0.29) is 0 Å². The van der Waals surface area contributed by atoms with Crippen molar-refractivity contribution in [1.82, 2.24) is 0 Å². The molecule has 0 aliphatic heterocycles. The lowest BCUT2D eigenvalue weighted by Crippen LogP contribution is -1.91. The van der Waals surface area contributed by atoms with E-state index in [0.717, 1.165) is 0 Å². The topological polar surface area (TPSA) is 101 Å². The minimum absolute atomic E-state index is 0.558. The van der Waals surface area contributed by atoms with Gasteiger partial charge in [-0.15, -0.1) is 0 Å². The van der Waals surface area contributed by atoms with Crippen molar-refractivity contribution in [2.24, 2.45) is 5.73 Å². The number of allylic oxidation sites excluding steroid dienone is 1. The summed E-state index contributed by atoms with van der Waals surface area (Å²) in [5.74, 6) is -2.51. The van der Waals surface area contributed by atoms with Crippen LogP contribution < -0.4 is 5.73 Å². The molecule has 0 radical (unpaired) electrons. The van der Waals surface area contributed by atoms with E-state index in [9.17, 15) is 9.59 Å². The van der Waals surface area contributed by atoms with Gasteiger partial charge in [-0.3, -0.25) is 0 Å². The van der Waals surface area contributed by atoms with Crippen molar-refractivity contribution in [2.45, 2.75) is 45.4 Å². The second-order valence-electron chi connectivity index (χ2n) is 3.92. The SMILES string of the molecule is CCCCCCCC=CCN.O=C(O)/C=C\C(=O)O. The molecule has 0 heterocycles. The number of carboxylic acid groups (broad SMARTS) is 2. The van der Waals surface area contributed by atoms with Crippen molar-refractivity contribution in [2.75, 3.05) is 6.54 Å². The second-order valence-corrected chi connectivity index (χ2v) is 3.92. The van der Waals surface area contributed by atoms with Crippen LogP contribution in [0.3, 0.4) is 0 Å². The Balaban J connectivity index is 0. The van der Waals surface area contributed by atoms with Gasteiger partial charge in [0.25, 0.3) is 0 Å². The monoisotopic (exact) mass is 271 g/mol. The molecule has 0 aromatic rings. The number of rotatable bonds is 9. The predicted octanol–water partition coefficient (Wildman–Crippen LogP) is 2.57. The van der Waals surface area contributed by atoms with Crippen molar-refractivity contribution < 1.29 is 19.8 Å². The fourth-order valence-electron chi connectivity index (χ4n) is 1.22. The van der Waals surface area contributed by atoms with Gasteiger partial charge >= 0.3 is 11.9 Å². The van der Waals surface area contributed by atoms with Crippen LogP contribution in [0.1, 0.15) is 45.4 Å². The molecule has 0 spiro atoms. The molecular weight excluding hydrogens is 246 g/mol. The molecule has 0 rings (SSSR count). The van der Waals surface area contributed by atoms with Crippen LogP contribution in [-0.4, -0.2) is 28.7 Å². The first kappa shape index (κ1) is 19.7. The van der Waals surface area contributed by atoms with Crippen molar-refractivity contribution in [3.63, 3.8) is 0 Å². The Morgan fingerprint density at radius 3 is 1.89 bits per heavy atom. The van der Waals surface area contributed by atoms with Crippen molar-refractivity contribution in [1.29, 1.82) is 0 Å². The summed E-state index contributed by atoms with van der Waals surface area (Å²) in [6.45, 7) is 2.93. The lowest BCUT2D eigenvalue weighted by Gasteiger charge is -1.95. The number of unbranched alkanes of at least 4 members (excludes halogenated alkanes) is 5. The van der Waals surface area contributed by atoms with E-state index in [1.54, 1.807) is 0 Å². The standard InChI is InChI=1S/C10H21N.C4H4O4/c1-2-3-4-5-6-7-8-9-10-11;5-3(6)1-2-4(7)8/h8-9H,2-7,10-11H2,1H3;1-2H,(H,5,6)(H,7,8)/b;2-1-. The summed E-state index contributed by atoms with van der Waals surface area (Å²) in [5, 5.41) is 15.6. The van der Waals surface area contributed by atoms with Crippen LogP contribution in [0.2, 0.25) is 0 Å². The third-order valence-corrected chi connectivity index (χ3v) is 2.15. The zero-order valence-corrected chi connectivity index (χ0v) is 11.5. The van der Waals surface area contributed by atoms with Crippen LogP contribution >= 0.6 is 0 Å². The molecule has 0 aromatic heterocycles. The van der Waals surface area contributed by atoms with E-state index < -0.39 is 11.9 Å². The minimum Gasteiger partial charge on any atom is -0.478 e. The lowest BCUT2D eigenvalue weighted by atomic mass is 10.1. The minimum atomic E-state index is -1.26. The number of hydrogen-bond acceptors (Lipinski definition) is 3. The van der Waals surface area contributed by atoms with Gasteiger partial charge < -0.3 is 15.9 Å². The summed E-state index contributed by atoms with van der Waals surface area (Å²) in [6, 6.07) is 0. The van der Waals surface area contributed by atoms with Crippen LogP contribution in [0, 0.1) is 0 Å². The highest BCUT2D eigenvalue weighted by molar-refractivity contribution is 5.89. The van der Waals surface area contributed by atoms with Gasteiger partial charge in [-0.2, -0.15) is 0 Å². The van der Waals surface area contributed by atoms with Gasteiger partial charge in [0.15, 0.2) is 0 Å². The molecule has 0 saturated heterocycles. The maximum absolute atomic E-state index is 9.55. The fraction of sp³-hybridized carbons (Fsp3) is 0.571. The molecule has 0 aromatic carbocycles. The van der Waals surface area contributed by atoms with Gasteiger partial charge in [-0.1, -0.05) is 44.8 Å². The van der Waals surface area contributed by atoms with Gasteiger partial charge in [0, 0.05) is 18.7 Å². The number of carboxylic acids is 2. The highest BCUT2D eigenvalue weighted by Gasteiger charge is 1.88. The summed E-state index contributed by atoms with van der Waals surface area (Å²) in [6.07, 6.45) is 13.4. The number of aliphatic carboxylic acids is 2. The average Bonchev–Trinajstić information content (AvgIpc) is 2.36. The van der Waals surface area contributed by atoms with Crippen LogP contribution in [0.5, 0.6) is 0 Å². The highest BCUT2D eigenvalue weighted by Crippen LogP contribution is 2.04. The Labute approximate surface area is 114 Å². The summed E-state index contributed by atoms with van der Waals surface area (Å²) in [7, 11) is 0. The number of hydrogen-bond donors (Lipinski definition) is 3. The van der Waals surface area contributed by atoms with E-state index in [2.05, 4.69) is 13.0 Å². The van der Waals surface area contributed by atoms with Gasteiger partial charge in [0.05, 0.1) is 0 Å². The molecule has 0 saturated carbocycles. The second kappa shape index (κ2) is 16.4. The Hall–Kier alpha value is -1.62. The average molecular weight is 271 g/mol. The molecular formula is C14H25NO4. The van der Waals surface area contributed by atoms with Gasteiger partial charge in [0.2, 0.25) is 0 Å². The summed E-state index contributed by atoms with van der Waals surface area (Å²) < 4.78 is 0. The zero-order chi connectivity index (χ0) is 14.9. The van der Waals surface area contributed by atoms with Crippen LogP contribution in [0.15, 0.2) is 24.3 Å². The Kier molecular flexibility index (Phi) is 17.0. The quantitative estimate of drug-likeness (QED) is 0.340. The normalized spacial score (nSPS) is 10.4. The number of carbonyl (C=O) groups is 2. The molecule has 110 valence electrons. The van der Waals surface area contributed by atoms with E-state index in [1.165, 1.54) is 38.5 Å². The molecule has 0 atom stereocenters. The summed E-state index contributed by atoms with van der Waals surface area (Å²) in [4.78, 5) is 19.1. The Morgan fingerprint density at radius 2 is 1.47 bits per heavy atom. The predicted molar refractivity (Wildman–Crippen MR) is 76.0 cm³/mol. The summed E-state index contributed by atoms with van der Waals surface area (Å²) >= 11 is 0. The highest BCUT2D eigenvalue weighted by atomic mass is 16.4. The molecule has 0 aliphatic rings. The summed E-state index contributed by atoms with van der Waals surface area (Å²) in [5.41, 5.74) is 5.30. The fourth-order valence-corrected chi connectivity index (χ4v) is 1.22. The van der Waals surface area contributed by atoms with Crippen molar-refractivity contribution in [3.8, 4) is 0 Å². The molecule has 0 amide bonds. The molecule has 0 bridgehead atoms. The largest absolute Gasteiger partial charge is 0.478 e. The Morgan fingerprint density at radius 1 is 0.947 bits per heavy atom. The maximum atomic E-state index is 9.55. The third kappa shape index (κ3) is 26.2. The third-order valence-electron chi connectivity index (χ3n) is 2.15. The van der Waals surface area contributed by atoms with Gasteiger partial charge in [-0.25, -0.2) is 9.59 Å². The number of nitrogens with two attached hydrogens (primary N) is 1. The molecule has 19 heavy (non-hydrogen) atoms. The molecule has 5 nitrogen and oxygen atoms in total. The lowest BCUT2D eigenvalue weighted by molar-refractivity contribution is -0.134. The molecule has 0 aliphatic carbocycles. The zero-order valence-electron chi connectivity index (χ0n) is 11.5. The molecule has 5 heteroatoms. The van der Waals surface area contributed by atoms with E-state index in [0.29, 0.717) is 18.7 Å². The van der Waals surface area contributed by atoms with Gasteiger partial charge in [-0.05, 0) is 12.8 Å². The first-order chi connectivity index (χ1) is 9.04.